The lowest BCUT2D eigenvalue weighted by Crippen LogP contribution is -2.34. The molecule has 2 nitrogen and oxygen atoms in total. The van der Waals surface area contributed by atoms with E-state index < -0.39 is 0 Å². The van der Waals surface area contributed by atoms with E-state index in [1.165, 1.54) is 49.7 Å². The molecule has 3 rings (SSSR count). The third kappa shape index (κ3) is 2.84. The molecular weight excluding hydrogens is 272 g/mol. The molecule has 2 aliphatic rings. The first-order valence-electron chi connectivity index (χ1n) is 8.57. The average Bonchev–Trinajstić information content (AvgIpc) is 2.66. The van der Waals surface area contributed by atoms with E-state index in [0.717, 1.165) is 12.8 Å². The number of hydrogen-bond acceptors (Lipinski definition) is 2. The third-order valence-corrected chi connectivity index (χ3v) is 5.44. The van der Waals surface area contributed by atoms with Gasteiger partial charge in [0.1, 0.15) is 6.10 Å². The summed E-state index contributed by atoms with van der Waals surface area (Å²) in [6.45, 7) is 5.49. The molecular formula is C20H26O2. The van der Waals surface area contributed by atoms with Crippen molar-refractivity contribution in [3.8, 4) is 0 Å². The molecule has 0 N–H and O–H groups in total. The Labute approximate surface area is 133 Å². The van der Waals surface area contributed by atoms with Gasteiger partial charge in [0.25, 0.3) is 0 Å². The number of hydrogen-bond donors (Lipinski definition) is 0. The molecule has 0 radical (unpaired) electrons. The SMILES string of the molecule is C=C(C)C(=O)OC1c2ccccc2CCCC12CCCCC2. The van der Waals surface area contributed by atoms with Crippen molar-refractivity contribution in [1.29, 1.82) is 0 Å². The van der Waals surface area contributed by atoms with E-state index in [-0.39, 0.29) is 17.5 Å². The van der Waals surface area contributed by atoms with Crippen LogP contribution in [0.2, 0.25) is 0 Å². The van der Waals surface area contributed by atoms with E-state index in [4.69, 9.17) is 4.74 Å². The second-order valence-electron chi connectivity index (χ2n) is 7.04. The van der Waals surface area contributed by atoms with Crippen LogP contribution in [0.25, 0.3) is 0 Å². The lowest BCUT2D eigenvalue weighted by molar-refractivity contribution is -0.155. The highest BCUT2D eigenvalue weighted by Gasteiger charge is 2.44. The van der Waals surface area contributed by atoms with Gasteiger partial charge in [-0.3, -0.25) is 0 Å². The molecule has 0 aromatic heterocycles. The van der Waals surface area contributed by atoms with Crippen molar-refractivity contribution in [2.24, 2.45) is 5.41 Å². The summed E-state index contributed by atoms with van der Waals surface area (Å²) in [4.78, 5) is 12.2. The molecule has 1 fully saturated rings. The molecule has 0 amide bonds. The molecule has 2 aliphatic carbocycles. The fourth-order valence-electron chi connectivity index (χ4n) is 4.27. The third-order valence-electron chi connectivity index (χ3n) is 5.44. The van der Waals surface area contributed by atoms with Gasteiger partial charge in [-0.1, -0.05) is 50.1 Å². The molecule has 0 aliphatic heterocycles. The van der Waals surface area contributed by atoms with Crippen molar-refractivity contribution in [1.82, 2.24) is 0 Å². The van der Waals surface area contributed by atoms with Crippen LogP contribution in [0, 0.1) is 5.41 Å². The van der Waals surface area contributed by atoms with Crippen molar-refractivity contribution >= 4 is 5.97 Å². The van der Waals surface area contributed by atoms with Gasteiger partial charge in [-0.25, -0.2) is 4.79 Å². The lowest BCUT2D eigenvalue weighted by Gasteiger charge is -2.42. The molecule has 2 heteroatoms. The van der Waals surface area contributed by atoms with Gasteiger partial charge in [0.05, 0.1) is 0 Å². The highest BCUT2D eigenvalue weighted by molar-refractivity contribution is 5.87. The Morgan fingerprint density at radius 3 is 2.55 bits per heavy atom. The Balaban J connectivity index is 2.02. The molecule has 0 saturated heterocycles. The monoisotopic (exact) mass is 298 g/mol. The standard InChI is InChI=1S/C20H26O2/c1-15(2)19(21)22-18-17-11-5-4-9-16(17)10-8-14-20(18)12-6-3-7-13-20/h4-5,9,11,18H,1,3,6-8,10,12-14H2,2H3. The van der Waals surface area contributed by atoms with E-state index in [1.807, 2.05) is 0 Å². The molecule has 0 heterocycles. The number of ether oxygens (including phenoxy) is 1. The van der Waals surface area contributed by atoms with Crippen molar-refractivity contribution in [3.63, 3.8) is 0 Å². The van der Waals surface area contributed by atoms with Crippen molar-refractivity contribution in [2.45, 2.75) is 64.4 Å². The van der Waals surface area contributed by atoms with E-state index >= 15 is 0 Å². The molecule has 22 heavy (non-hydrogen) atoms. The highest BCUT2D eigenvalue weighted by Crippen LogP contribution is 2.53. The van der Waals surface area contributed by atoms with Crippen LogP contribution in [0.3, 0.4) is 0 Å². The molecule has 0 bridgehead atoms. The number of benzene rings is 1. The topological polar surface area (TPSA) is 26.3 Å². The van der Waals surface area contributed by atoms with Crippen LogP contribution < -0.4 is 0 Å². The minimum absolute atomic E-state index is 0.101. The van der Waals surface area contributed by atoms with Crippen LogP contribution in [0.4, 0.5) is 0 Å². The molecule has 1 saturated carbocycles. The molecule has 1 spiro atoms. The second kappa shape index (κ2) is 6.28. The molecule has 1 aromatic rings. The van der Waals surface area contributed by atoms with E-state index in [2.05, 4.69) is 30.8 Å². The van der Waals surface area contributed by atoms with E-state index in [0.29, 0.717) is 5.57 Å². The summed E-state index contributed by atoms with van der Waals surface area (Å²) in [6.07, 6.45) is 9.52. The van der Waals surface area contributed by atoms with Gasteiger partial charge in [0, 0.05) is 11.0 Å². The van der Waals surface area contributed by atoms with Crippen molar-refractivity contribution in [2.75, 3.05) is 0 Å². The van der Waals surface area contributed by atoms with Crippen LogP contribution in [0.1, 0.15) is 69.1 Å². The van der Waals surface area contributed by atoms with Gasteiger partial charge in [-0.05, 0) is 50.2 Å². The maximum absolute atomic E-state index is 12.2. The van der Waals surface area contributed by atoms with Crippen LogP contribution >= 0.6 is 0 Å². The quantitative estimate of drug-likeness (QED) is 0.558. The molecule has 118 valence electrons. The Kier molecular flexibility index (Phi) is 4.37. The first kappa shape index (κ1) is 15.3. The highest BCUT2D eigenvalue weighted by atomic mass is 16.5. The number of carbonyl (C=O) groups excluding carboxylic acids is 1. The van der Waals surface area contributed by atoms with Crippen LogP contribution in [0.15, 0.2) is 36.4 Å². The Morgan fingerprint density at radius 2 is 1.82 bits per heavy atom. The Hall–Kier alpha value is -1.57. The molecule has 1 unspecified atom stereocenters. The number of fused-ring (bicyclic) bond motifs is 1. The summed E-state index contributed by atoms with van der Waals surface area (Å²) in [5, 5.41) is 0. The summed E-state index contributed by atoms with van der Waals surface area (Å²) < 4.78 is 6.01. The van der Waals surface area contributed by atoms with Crippen molar-refractivity contribution < 1.29 is 9.53 Å². The molecule has 1 aromatic carbocycles. The number of rotatable bonds is 2. The smallest absolute Gasteiger partial charge is 0.333 e. The first-order valence-corrected chi connectivity index (χ1v) is 8.57. The van der Waals surface area contributed by atoms with Gasteiger partial charge in [-0.15, -0.1) is 0 Å². The first-order chi connectivity index (χ1) is 10.6. The van der Waals surface area contributed by atoms with Crippen LogP contribution in [0.5, 0.6) is 0 Å². The summed E-state index contributed by atoms with van der Waals surface area (Å²) in [5.74, 6) is -0.244. The largest absolute Gasteiger partial charge is 0.454 e. The average molecular weight is 298 g/mol. The van der Waals surface area contributed by atoms with E-state index in [1.54, 1.807) is 6.92 Å². The van der Waals surface area contributed by atoms with E-state index in [9.17, 15) is 4.79 Å². The van der Waals surface area contributed by atoms with Crippen molar-refractivity contribution in [3.05, 3.63) is 47.5 Å². The number of aryl methyl sites for hydroxylation is 1. The summed E-state index contributed by atoms with van der Waals surface area (Å²) in [6, 6.07) is 8.52. The fraction of sp³-hybridized carbons (Fsp3) is 0.550. The van der Waals surface area contributed by atoms with Crippen LogP contribution in [-0.4, -0.2) is 5.97 Å². The second-order valence-corrected chi connectivity index (χ2v) is 7.04. The Bertz CT molecular complexity index is 567. The van der Waals surface area contributed by atoms with Crippen LogP contribution in [-0.2, 0) is 16.0 Å². The number of carbonyl (C=O) groups is 1. The zero-order valence-corrected chi connectivity index (χ0v) is 13.6. The summed E-state index contributed by atoms with van der Waals surface area (Å²) in [5.41, 5.74) is 3.21. The predicted octanol–water partition coefficient (Wildman–Crippen LogP) is 5.13. The summed E-state index contributed by atoms with van der Waals surface area (Å²) in [7, 11) is 0. The van der Waals surface area contributed by atoms with Gasteiger partial charge in [0.2, 0.25) is 0 Å². The summed E-state index contributed by atoms with van der Waals surface area (Å²) >= 11 is 0. The predicted molar refractivity (Wildman–Crippen MR) is 88.5 cm³/mol. The zero-order chi connectivity index (χ0) is 15.6. The minimum atomic E-state index is -0.244. The lowest BCUT2D eigenvalue weighted by atomic mass is 9.66. The Morgan fingerprint density at radius 1 is 1.14 bits per heavy atom. The maximum atomic E-state index is 12.2. The zero-order valence-electron chi connectivity index (χ0n) is 13.6. The van der Waals surface area contributed by atoms with Gasteiger partial charge in [0.15, 0.2) is 0 Å². The minimum Gasteiger partial charge on any atom is -0.454 e. The number of esters is 1. The van der Waals surface area contributed by atoms with Gasteiger partial charge >= 0.3 is 5.97 Å². The molecule has 1 atom stereocenters. The van der Waals surface area contributed by atoms with Gasteiger partial charge in [-0.2, -0.15) is 0 Å². The fourth-order valence-corrected chi connectivity index (χ4v) is 4.27. The maximum Gasteiger partial charge on any atom is 0.333 e. The normalized spacial score (nSPS) is 23.4. The van der Waals surface area contributed by atoms with Gasteiger partial charge < -0.3 is 4.74 Å².